The van der Waals surface area contributed by atoms with E-state index < -0.39 is 0 Å². The Bertz CT molecular complexity index is 517. The summed E-state index contributed by atoms with van der Waals surface area (Å²) in [7, 11) is 1.71. The van der Waals surface area contributed by atoms with Crippen LogP contribution in [0.15, 0.2) is 47.1 Å². The maximum atomic E-state index is 5.19. The molecule has 1 aromatic carbocycles. The molecule has 1 N–H and O–H groups in total. The SMILES string of the molecule is COCc1ccccc1CNc1cccc(Br)n1. The minimum Gasteiger partial charge on any atom is -0.380 e. The van der Waals surface area contributed by atoms with Gasteiger partial charge in [-0.05, 0) is 39.2 Å². The van der Waals surface area contributed by atoms with Gasteiger partial charge in [0.1, 0.15) is 10.4 Å². The lowest BCUT2D eigenvalue weighted by molar-refractivity contribution is 0.184. The van der Waals surface area contributed by atoms with Crippen LogP contribution in [0.2, 0.25) is 0 Å². The van der Waals surface area contributed by atoms with E-state index >= 15 is 0 Å². The Morgan fingerprint density at radius 2 is 1.89 bits per heavy atom. The number of rotatable bonds is 5. The highest BCUT2D eigenvalue weighted by Gasteiger charge is 2.01. The molecule has 0 atom stereocenters. The number of hydrogen-bond donors (Lipinski definition) is 1. The van der Waals surface area contributed by atoms with E-state index in [0.717, 1.165) is 17.0 Å². The third-order valence-electron chi connectivity index (χ3n) is 2.59. The molecule has 1 heterocycles. The number of hydrogen-bond acceptors (Lipinski definition) is 3. The summed E-state index contributed by atoms with van der Waals surface area (Å²) >= 11 is 3.36. The Kier molecular flexibility index (Phi) is 4.73. The van der Waals surface area contributed by atoms with Gasteiger partial charge in [-0.1, -0.05) is 30.3 Å². The van der Waals surface area contributed by atoms with Crippen LogP contribution < -0.4 is 5.32 Å². The molecule has 0 spiro atoms. The summed E-state index contributed by atoms with van der Waals surface area (Å²) in [5, 5.41) is 3.30. The van der Waals surface area contributed by atoms with Crippen molar-refractivity contribution in [3.63, 3.8) is 0 Å². The highest BCUT2D eigenvalue weighted by atomic mass is 79.9. The van der Waals surface area contributed by atoms with Crippen LogP contribution in [-0.2, 0) is 17.9 Å². The topological polar surface area (TPSA) is 34.1 Å². The zero-order valence-electron chi connectivity index (χ0n) is 10.2. The number of ether oxygens (including phenoxy) is 1. The average Bonchev–Trinajstić information content (AvgIpc) is 2.38. The number of aromatic nitrogens is 1. The Labute approximate surface area is 115 Å². The van der Waals surface area contributed by atoms with Gasteiger partial charge in [0, 0.05) is 13.7 Å². The van der Waals surface area contributed by atoms with Crippen molar-refractivity contribution < 1.29 is 4.74 Å². The van der Waals surface area contributed by atoms with Crippen molar-refractivity contribution in [1.29, 1.82) is 0 Å². The number of pyridine rings is 1. The molecule has 3 nitrogen and oxygen atoms in total. The molecule has 1 aromatic heterocycles. The number of anilines is 1. The van der Waals surface area contributed by atoms with Gasteiger partial charge >= 0.3 is 0 Å². The van der Waals surface area contributed by atoms with Crippen molar-refractivity contribution in [3.05, 3.63) is 58.2 Å². The molecule has 0 saturated carbocycles. The summed E-state index contributed by atoms with van der Waals surface area (Å²) in [5.41, 5.74) is 2.42. The maximum Gasteiger partial charge on any atom is 0.127 e. The van der Waals surface area contributed by atoms with Crippen molar-refractivity contribution >= 4 is 21.7 Å². The van der Waals surface area contributed by atoms with Gasteiger partial charge in [-0.15, -0.1) is 0 Å². The summed E-state index contributed by atoms with van der Waals surface area (Å²) in [6.45, 7) is 1.37. The minimum absolute atomic E-state index is 0.629. The van der Waals surface area contributed by atoms with Crippen LogP contribution in [0.4, 0.5) is 5.82 Å². The second-order valence-corrected chi connectivity index (χ2v) is 4.71. The molecule has 4 heteroatoms. The van der Waals surface area contributed by atoms with Crippen molar-refractivity contribution in [3.8, 4) is 0 Å². The van der Waals surface area contributed by atoms with Crippen LogP contribution in [-0.4, -0.2) is 12.1 Å². The summed E-state index contributed by atoms with van der Waals surface area (Å²) in [5.74, 6) is 0.858. The van der Waals surface area contributed by atoms with Crippen LogP contribution in [0.1, 0.15) is 11.1 Å². The second kappa shape index (κ2) is 6.52. The average molecular weight is 307 g/mol. The van der Waals surface area contributed by atoms with Gasteiger partial charge in [-0.3, -0.25) is 0 Å². The summed E-state index contributed by atoms with van der Waals surface area (Å²) < 4.78 is 6.02. The van der Waals surface area contributed by atoms with Crippen LogP contribution in [0.5, 0.6) is 0 Å². The lowest BCUT2D eigenvalue weighted by Crippen LogP contribution is -2.04. The predicted octanol–water partition coefficient (Wildman–Crippen LogP) is 3.60. The Morgan fingerprint density at radius 3 is 2.61 bits per heavy atom. The van der Waals surface area contributed by atoms with Crippen LogP contribution in [0.3, 0.4) is 0 Å². The zero-order chi connectivity index (χ0) is 12.8. The van der Waals surface area contributed by atoms with Crippen LogP contribution in [0.25, 0.3) is 0 Å². The number of nitrogens with zero attached hydrogens (tertiary/aromatic N) is 1. The van der Waals surface area contributed by atoms with Gasteiger partial charge in [-0.2, -0.15) is 0 Å². The van der Waals surface area contributed by atoms with Crippen molar-refractivity contribution in [2.45, 2.75) is 13.2 Å². The van der Waals surface area contributed by atoms with Crippen LogP contribution in [0, 0.1) is 0 Å². The van der Waals surface area contributed by atoms with E-state index in [4.69, 9.17) is 4.74 Å². The smallest absolute Gasteiger partial charge is 0.127 e. The van der Waals surface area contributed by atoms with Gasteiger partial charge in [0.2, 0.25) is 0 Å². The van der Waals surface area contributed by atoms with Gasteiger partial charge < -0.3 is 10.1 Å². The van der Waals surface area contributed by atoms with E-state index in [0.29, 0.717) is 6.61 Å². The van der Waals surface area contributed by atoms with E-state index in [1.807, 2.05) is 30.3 Å². The first-order valence-corrected chi connectivity index (χ1v) is 6.51. The second-order valence-electron chi connectivity index (χ2n) is 3.90. The predicted molar refractivity (Wildman–Crippen MR) is 76.4 cm³/mol. The molecular weight excluding hydrogens is 292 g/mol. The molecule has 94 valence electrons. The lowest BCUT2D eigenvalue weighted by atomic mass is 10.1. The summed E-state index contributed by atoms with van der Waals surface area (Å²) in [6, 6.07) is 14.0. The van der Waals surface area contributed by atoms with E-state index in [1.165, 1.54) is 11.1 Å². The summed E-state index contributed by atoms with van der Waals surface area (Å²) in [6.07, 6.45) is 0. The molecule has 0 aliphatic carbocycles. The Balaban J connectivity index is 2.06. The van der Waals surface area contributed by atoms with Gasteiger partial charge in [0.15, 0.2) is 0 Å². The number of nitrogens with one attached hydrogen (secondary N) is 1. The third kappa shape index (κ3) is 3.55. The Hall–Kier alpha value is -1.39. The van der Waals surface area contributed by atoms with Gasteiger partial charge in [-0.25, -0.2) is 4.98 Å². The normalized spacial score (nSPS) is 10.3. The monoisotopic (exact) mass is 306 g/mol. The molecular formula is C14H15BrN2O. The Morgan fingerprint density at radius 1 is 1.11 bits per heavy atom. The van der Waals surface area contributed by atoms with Crippen molar-refractivity contribution in [2.24, 2.45) is 0 Å². The molecule has 18 heavy (non-hydrogen) atoms. The first kappa shape index (κ1) is 13.1. The fourth-order valence-electron chi connectivity index (χ4n) is 1.72. The number of methoxy groups -OCH3 is 1. The highest BCUT2D eigenvalue weighted by Crippen LogP contribution is 2.14. The minimum atomic E-state index is 0.629. The zero-order valence-corrected chi connectivity index (χ0v) is 11.8. The van der Waals surface area contributed by atoms with E-state index in [1.54, 1.807) is 7.11 Å². The van der Waals surface area contributed by atoms with Crippen molar-refractivity contribution in [1.82, 2.24) is 4.98 Å². The molecule has 0 radical (unpaired) electrons. The van der Waals surface area contributed by atoms with E-state index in [9.17, 15) is 0 Å². The van der Waals surface area contributed by atoms with Gasteiger partial charge in [0.05, 0.1) is 6.61 Å². The fourth-order valence-corrected chi connectivity index (χ4v) is 2.06. The summed E-state index contributed by atoms with van der Waals surface area (Å²) in [4.78, 5) is 4.34. The standard InChI is InChI=1S/C14H15BrN2O/c1-18-10-12-6-3-2-5-11(12)9-16-14-8-4-7-13(15)17-14/h2-8H,9-10H2,1H3,(H,16,17). The third-order valence-corrected chi connectivity index (χ3v) is 3.03. The first-order valence-electron chi connectivity index (χ1n) is 5.72. The quantitative estimate of drug-likeness (QED) is 0.857. The molecule has 2 aromatic rings. The number of benzene rings is 1. The van der Waals surface area contributed by atoms with E-state index in [-0.39, 0.29) is 0 Å². The van der Waals surface area contributed by atoms with E-state index in [2.05, 4.69) is 38.4 Å². The first-order chi connectivity index (χ1) is 8.79. The van der Waals surface area contributed by atoms with Gasteiger partial charge in [0.25, 0.3) is 0 Å². The number of halogens is 1. The molecule has 0 aliphatic rings. The fraction of sp³-hybridized carbons (Fsp3) is 0.214. The highest BCUT2D eigenvalue weighted by molar-refractivity contribution is 9.10. The molecule has 0 fully saturated rings. The molecule has 0 aliphatic heterocycles. The largest absolute Gasteiger partial charge is 0.380 e. The van der Waals surface area contributed by atoms with Crippen LogP contribution >= 0.6 is 15.9 Å². The molecule has 0 amide bonds. The molecule has 0 unspecified atom stereocenters. The lowest BCUT2D eigenvalue weighted by Gasteiger charge is -2.10. The molecule has 0 saturated heterocycles. The molecule has 2 rings (SSSR count). The molecule has 0 bridgehead atoms. The maximum absolute atomic E-state index is 5.19. The van der Waals surface area contributed by atoms with Crippen molar-refractivity contribution in [2.75, 3.05) is 12.4 Å².